The van der Waals surface area contributed by atoms with Crippen molar-refractivity contribution in [2.75, 3.05) is 24.6 Å². The summed E-state index contributed by atoms with van der Waals surface area (Å²) in [5.74, 6) is 1.71. The lowest BCUT2D eigenvalue weighted by Crippen LogP contribution is -2.38. The third-order valence-electron chi connectivity index (χ3n) is 3.07. The van der Waals surface area contributed by atoms with Crippen molar-refractivity contribution >= 4 is 27.7 Å². The molecule has 0 saturated carbocycles. The van der Waals surface area contributed by atoms with Crippen LogP contribution in [0.25, 0.3) is 0 Å². The molecule has 104 valence electrons. The van der Waals surface area contributed by atoms with E-state index in [0.29, 0.717) is 18.7 Å². The van der Waals surface area contributed by atoms with E-state index in [1.54, 1.807) is 17.9 Å². The van der Waals surface area contributed by atoms with Gasteiger partial charge in [0, 0.05) is 30.2 Å². The van der Waals surface area contributed by atoms with Crippen LogP contribution in [0.2, 0.25) is 0 Å². The summed E-state index contributed by atoms with van der Waals surface area (Å²) >= 11 is 1.81. The van der Waals surface area contributed by atoms with Crippen LogP contribution in [0.15, 0.2) is 23.1 Å². The summed E-state index contributed by atoms with van der Waals surface area (Å²) in [6.45, 7) is 3.18. The van der Waals surface area contributed by atoms with Crippen molar-refractivity contribution in [3.8, 4) is 0 Å². The number of nitrogens with two attached hydrogens (primary N) is 1. The van der Waals surface area contributed by atoms with Gasteiger partial charge in [-0.1, -0.05) is 6.07 Å². The first-order valence-corrected chi connectivity index (χ1v) is 8.60. The first-order chi connectivity index (χ1) is 8.89. The number of amides is 1. The summed E-state index contributed by atoms with van der Waals surface area (Å²) in [5, 5.41) is 5.10. The normalized spacial score (nSPS) is 16.4. The van der Waals surface area contributed by atoms with Gasteiger partial charge < -0.3 is 4.90 Å². The monoisotopic (exact) mass is 300 g/mol. The lowest BCUT2D eigenvalue weighted by atomic mass is 10.1. The van der Waals surface area contributed by atoms with Crippen LogP contribution < -0.4 is 5.14 Å². The zero-order valence-electron chi connectivity index (χ0n) is 10.6. The number of carbonyl (C=O) groups excluding carboxylic acids is 1. The zero-order chi connectivity index (χ0) is 14.0. The van der Waals surface area contributed by atoms with Gasteiger partial charge in [0.05, 0.1) is 4.90 Å². The summed E-state index contributed by atoms with van der Waals surface area (Å²) in [5.41, 5.74) is 1.18. The molecule has 2 rings (SSSR count). The molecular formula is C12H16N2O3S2. The Morgan fingerprint density at radius 3 is 2.53 bits per heavy atom. The Bertz CT molecular complexity index is 593. The van der Waals surface area contributed by atoms with Gasteiger partial charge in [-0.2, -0.15) is 11.8 Å². The van der Waals surface area contributed by atoms with Crippen LogP contribution in [0.4, 0.5) is 0 Å². The van der Waals surface area contributed by atoms with Crippen LogP contribution in [0.3, 0.4) is 0 Å². The van der Waals surface area contributed by atoms with Crippen LogP contribution >= 0.6 is 11.8 Å². The van der Waals surface area contributed by atoms with Crippen molar-refractivity contribution in [1.29, 1.82) is 0 Å². The summed E-state index contributed by atoms with van der Waals surface area (Å²) < 4.78 is 22.7. The highest BCUT2D eigenvalue weighted by Gasteiger charge is 2.21. The molecular weight excluding hydrogens is 284 g/mol. The van der Waals surface area contributed by atoms with Crippen molar-refractivity contribution in [3.63, 3.8) is 0 Å². The fourth-order valence-corrected chi connectivity index (χ4v) is 3.39. The number of carbonyl (C=O) groups is 1. The average molecular weight is 300 g/mol. The maximum atomic E-state index is 12.4. The molecule has 1 aliphatic heterocycles. The Kier molecular flexibility index (Phi) is 4.17. The van der Waals surface area contributed by atoms with Crippen LogP contribution in [-0.2, 0) is 10.0 Å². The molecule has 0 radical (unpaired) electrons. The molecule has 0 bridgehead atoms. The molecule has 0 atom stereocenters. The molecule has 0 unspecified atom stereocenters. The molecule has 2 N–H and O–H groups in total. The van der Waals surface area contributed by atoms with Gasteiger partial charge in [-0.3, -0.25) is 4.79 Å². The predicted octanol–water partition coefficient (Wildman–Crippen LogP) is 0.831. The lowest BCUT2D eigenvalue weighted by Gasteiger charge is -2.27. The van der Waals surface area contributed by atoms with E-state index in [2.05, 4.69) is 0 Å². The van der Waals surface area contributed by atoms with Crippen LogP contribution in [0.1, 0.15) is 15.9 Å². The molecule has 19 heavy (non-hydrogen) atoms. The Labute approximate surface area is 117 Å². The minimum atomic E-state index is -3.78. The maximum absolute atomic E-state index is 12.4. The van der Waals surface area contributed by atoms with Gasteiger partial charge in [-0.05, 0) is 24.6 Å². The Morgan fingerprint density at radius 1 is 1.32 bits per heavy atom. The van der Waals surface area contributed by atoms with E-state index < -0.39 is 10.0 Å². The van der Waals surface area contributed by atoms with Gasteiger partial charge in [0.2, 0.25) is 10.0 Å². The first-order valence-electron chi connectivity index (χ1n) is 5.90. The lowest BCUT2D eigenvalue weighted by molar-refractivity contribution is 0.0771. The summed E-state index contributed by atoms with van der Waals surface area (Å²) in [7, 11) is -3.78. The second kappa shape index (κ2) is 5.52. The van der Waals surface area contributed by atoms with E-state index in [1.807, 2.05) is 11.8 Å². The molecule has 1 saturated heterocycles. The molecule has 1 amide bonds. The van der Waals surface area contributed by atoms with E-state index >= 15 is 0 Å². The smallest absolute Gasteiger partial charge is 0.254 e. The van der Waals surface area contributed by atoms with E-state index in [4.69, 9.17) is 5.14 Å². The topological polar surface area (TPSA) is 80.5 Å². The van der Waals surface area contributed by atoms with Crippen molar-refractivity contribution < 1.29 is 13.2 Å². The molecule has 0 spiro atoms. The van der Waals surface area contributed by atoms with Crippen molar-refractivity contribution in [1.82, 2.24) is 4.90 Å². The SMILES string of the molecule is Cc1ccc(S(N)(=O)=O)cc1C(=O)N1CCSCC1. The highest BCUT2D eigenvalue weighted by Crippen LogP contribution is 2.18. The average Bonchev–Trinajstić information content (AvgIpc) is 2.38. The second-order valence-corrected chi connectivity index (χ2v) is 7.21. The molecule has 1 heterocycles. The van der Waals surface area contributed by atoms with Gasteiger partial charge in [0.15, 0.2) is 0 Å². The van der Waals surface area contributed by atoms with E-state index in [0.717, 1.165) is 17.1 Å². The Hall–Kier alpha value is -1.05. The molecule has 0 aliphatic carbocycles. The highest BCUT2D eigenvalue weighted by molar-refractivity contribution is 7.99. The van der Waals surface area contributed by atoms with Gasteiger partial charge in [0.1, 0.15) is 0 Å². The zero-order valence-corrected chi connectivity index (χ0v) is 12.3. The summed E-state index contributed by atoms with van der Waals surface area (Å²) in [6, 6.07) is 4.41. The molecule has 7 heteroatoms. The molecule has 0 aromatic heterocycles. The quantitative estimate of drug-likeness (QED) is 0.877. The van der Waals surface area contributed by atoms with Gasteiger partial charge >= 0.3 is 0 Å². The summed E-state index contributed by atoms with van der Waals surface area (Å²) in [6.07, 6.45) is 0. The Morgan fingerprint density at radius 2 is 1.95 bits per heavy atom. The fraction of sp³-hybridized carbons (Fsp3) is 0.417. The number of aryl methyl sites for hydroxylation is 1. The molecule has 1 aromatic rings. The number of hydrogen-bond donors (Lipinski definition) is 1. The van der Waals surface area contributed by atoms with Crippen molar-refractivity contribution in [2.45, 2.75) is 11.8 Å². The van der Waals surface area contributed by atoms with Crippen LogP contribution in [0.5, 0.6) is 0 Å². The number of nitrogens with zero attached hydrogens (tertiary/aromatic N) is 1. The van der Waals surface area contributed by atoms with Crippen LogP contribution in [-0.4, -0.2) is 43.8 Å². The number of sulfonamides is 1. The predicted molar refractivity (Wildman–Crippen MR) is 75.8 cm³/mol. The van der Waals surface area contributed by atoms with E-state index in [1.165, 1.54) is 12.1 Å². The van der Waals surface area contributed by atoms with Crippen molar-refractivity contribution in [2.24, 2.45) is 5.14 Å². The second-order valence-electron chi connectivity index (χ2n) is 4.43. The number of primary sulfonamides is 1. The maximum Gasteiger partial charge on any atom is 0.254 e. The molecule has 1 aliphatic rings. The number of rotatable bonds is 2. The van der Waals surface area contributed by atoms with Gasteiger partial charge in [-0.15, -0.1) is 0 Å². The number of hydrogen-bond acceptors (Lipinski definition) is 4. The number of thioether (sulfide) groups is 1. The minimum Gasteiger partial charge on any atom is -0.337 e. The number of benzene rings is 1. The largest absolute Gasteiger partial charge is 0.337 e. The summed E-state index contributed by atoms with van der Waals surface area (Å²) in [4.78, 5) is 14.1. The first kappa shape index (κ1) is 14.4. The molecule has 1 aromatic carbocycles. The fourth-order valence-electron chi connectivity index (χ4n) is 1.95. The van der Waals surface area contributed by atoms with Crippen LogP contribution in [0, 0.1) is 6.92 Å². The molecule has 1 fully saturated rings. The van der Waals surface area contributed by atoms with E-state index in [-0.39, 0.29) is 10.8 Å². The standard InChI is InChI=1S/C12H16N2O3S2/c1-9-2-3-10(19(13,16)17)8-11(9)12(15)14-4-6-18-7-5-14/h2-3,8H,4-7H2,1H3,(H2,13,16,17). The molecule has 5 nitrogen and oxygen atoms in total. The third kappa shape index (κ3) is 3.29. The Balaban J connectivity index is 2.35. The highest BCUT2D eigenvalue weighted by atomic mass is 32.2. The van der Waals surface area contributed by atoms with Crippen molar-refractivity contribution in [3.05, 3.63) is 29.3 Å². The van der Waals surface area contributed by atoms with Gasteiger partial charge in [-0.25, -0.2) is 13.6 Å². The van der Waals surface area contributed by atoms with Gasteiger partial charge in [0.25, 0.3) is 5.91 Å². The third-order valence-corrected chi connectivity index (χ3v) is 4.92. The van der Waals surface area contributed by atoms with E-state index in [9.17, 15) is 13.2 Å². The minimum absolute atomic E-state index is 0.0205.